The fourth-order valence-corrected chi connectivity index (χ4v) is 2.92. The van der Waals surface area contributed by atoms with Crippen LogP contribution in [0.5, 0.6) is 0 Å². The summed E-state index contributed by atoms with van der Waals surface area (Å²) in [6, 6.07) is 17.0. The van der Waals surface area contributed by atoms with Gasteiger partial charge in [0.1, 0.15) is 0 Å². The third kappa shape index (κ3) is 3.55. The van der Waals surface area contributed by atoms with Crippen molar-refractivity contribution in [3.05, 3.63) is 71.4 Å². The minimum Gasteiger partial charge on any atom is -0.463 e. The molecule has 2 N–H and O–H groups in total. The van der Waals surface area contributed by atoms with E-state index in [0.29, 0.717) is 11.3 Å². The van der Waals surface area contributed by atoms with Gasteiger partial charge in [-0.25, -0.2) is 9.59 Å². The van der Waals surface area contributed by atoms with Gasteiger partial charge in [0, 0.05) is 5.70 Å². The van der Waals surface area contributed by atoms with Crippen molar-refractivity contribution in [3.8, 4) is 11.1 Å². The Hall–Kier alpha value is -3.08. The molecule has 1 aliphatic heterocycles. The number of carbonyl (C=O) groups is 2. The van der Waals surface area contributed by atoms with E-state index in [0.717, 1.165) is 16.7 Å². The monoisotopic (exact) mass is 336 g/mol. The van der Waals surface area contributed by atoms with Gasteiger partial charge in [-0.15, -0.1) is 0 Å². The molecule has 1 atom stereocenters. The molecule has 25 heavy (non-hydrogen) atoms. The zero-order valence-corrected chi connectivity index (χ0v) is 14.2. The largest absolute Gasteiger partial charge is 0.463 e. The number of esters is 1. The SMILES string of the molecule is CCOC(=O)C1=C(C)NC(=O)N[C@@H]1c1ccc(-c2ccccc2)cc1. The van der Waals surface area contributed by atoms with Crippen LogP contribution < -0.4 is 10.6 Å². The molecule has 2 aromatic rings. The first-order chi connectivity index (χ1) is 12.1. The van der Waals surface area contributed by atoms with Crippen molar-refractivity contribution >= 4 is 12.0 Å². The molecule has 0 aromatic heterocycles. The van der Waals surface area contributed by atoms with E-state index < -0.39 is 12.0 Å². The number of urea groups is 1. The van der Waals surface area contributed by atoms with Crippen molar-refractivity contribution in [3.63, 3.8) is 0 Å². The number of hydrogen-bond acceptors (Lipinski definition) is 3. The van der Waals surface area contributed by atoms with E-state index in [1.807, 2.05) is 54.6 Å². The smallest absolute Gasteiger partial charge is 0.338 e. The summed E-state index contributed by atoms with van der Waals surface area (Å²) in [5, 5.41) is 5.44. The highest BCUT2D eigenvalue weighted by Gasteiger charge is 2.31. The minimum absolute atomic E-state index is 0.281. The first-order valence-electron chi connectivity index (χ1n) is 8.21. The van der Waals surface area contributed by atoms with Crippen molar-refractivity contribution in [1.82, 2.24) is 10.6 Å². The van der Waals surface area contributed by atoms with Crippen LogP contribution in [0.15, 0.2) is 65.9 Å². The predicted molar refractivity (Wildman–Crippen MR) is 95.6 cm³/mol. The molecule has 3 rings (SSSR count). The molecule has 2 aromatic carbocycles. The molecule has 0 saturated heterocycles. The van der Waals surface area contributed by atoms with Gasteiger partial charge in [-0.2, -0.15) is 0 Å². The normalized spacial score (nSPS) is 16.9. The molecule has 0 unspecified atom stereocenters. The molecule has 5 heteroatoms. The average Bonchev–Trinajstić information content (AvgIpc) is 2.62. The van der Waals surface area contributed by atoms with E-state index in [-0.39, 0.29) is 12.6 Å². The molecule has 0 saturated carbocycles. The Morgan fingerprint density at radius 1 is 1.04 bits per heavy atom. The molecule has 0 fully saturated rings. The number of benzene rings is 2. The number of carbonyl (C=O) groups excluding carboxylic acids is 2. The number of amides is 2. The van der Waals surface area contributed by atoms with E-state index in [1.165, 1.54) is 0 Å². The van der Waals surface area contributed by atoms with Gasteiger partial charge in [0.15, 0.2) is 0 Å². The molecule has 0 spiro atoms. The van der Waals surface area contributed by atoms with Crippen molar-refractivity contribution in [2.45, 2.75) is 19.9 Å². The van der Waals surface area contributed by atoms with Crippen LogP contribution in [-0.2, 0) is 9.53 Å². The van der Waals surface area contributed by atoms with Crippen LogP contribution in [-0.4, -0.2) is 18.6 Å². The average molecular weight is 336 g/mol. The number of rotatable bonds is 4. The molecular weight excluding hydrogens is 316 g/mol. The van der Waals surface area contributed by atoms with Gasteiger partial charge < -0.3 is 15.4 Å². The molecule has 128 valence electrons. The third-order valence-corrected chi connectivity index (χ3v) is 4.12. The molecule has 1 aliphatic rings. The van der Waals surface area contributed by atoms with E-state index in [1.54, 1.807) is 13.8 Å². The zero-order valence-electron chi connectivity index (χ0n) is 14.2. The molecular formula is C20H20N2O3. The van der Waals surface area contributed by atoms with Crippen LogP contribution in [0.2, 0.25) is 0 Å². The molecule has 2 amide bonds. The molecule has 0 radical (unpaired) electrons. The van der Waals surface area contributed by atoms with Gasteiger partial charge in [-0.1, -0.05) is 54.6 Å². The molecule has 0 bridgehead atoms. The van der Waals surface area contributed by atoms with Gasteiger partial charge in [0.05, 0.1) is 18.2 Å². The predicted octanol–water partition coefficient (Wildman–Crippen LogP) is 3.54. The Labute approximate surface area is 146 Å². The summed E-state index contributed by atoms with van der Waals surface area (Å²) in [6.45, 7) is 3.74. The van der Waals surface area contributed by atoms with Crippen LogP contribution in [0.3, 0.4) is 0 Å². The highest BCUT2D eigenvalue weighted by Crippen LogP contribution is 2.29. The Kier molecular flexibility index (Phi) is 4.84. The summed E-state index contributed by atoms with van der Waals surface area (Å²) in [5.41, 5.74) is 3.95. The van der Waals surface area contributed by atoms with Crippen molar-refractivity contribution in [1.29, 1.82) is 0 Å². The number of allylic oxidation sites excluding steroid dienone is 1. The topological polar surface area (TPSA) is 67.4 Å². The lowest BCUT2D eigenvalue weighted by Crippen LogP contribution is -2.45. The minimum atomic E-state index is -0.530. The summed E-state index contributed by atoms with van der Waals surface area (Å²) in [4.78, 5) is 24.2. The van der Waals surface area contributed by atoms with E-state index in [4.69, 9.17) is 4.74 Å². The maximum absolute atomic E-state index is 12.3. The van der Waals surface area contributed by atoms with E-state index in [9.17, 15) is 9.59 Å². The second kappa shape index (κ2) is 7.21. The number of nitrogens with one attached hydrogen (secondary N) is 2. The third-order valence-electron chi connectivity index (χ3n) is 4.12. The van der Waals surface area contributed by atoms with Crippen LogP contribution >= 0.6 is 0 Å². The maximum atomic E-state index is 12.3. The fraction of sp³-hybridized carbons (Fsp3) is 0.200. The second-order valence-corrected chi connectivity index (χ2v) is 5.78. The van der Waals surface area contributed by atoms with Crippen LogP contribution in [0, 0.1) is 0 Å². The van der Waals surface area contributed by atoms with Crippen LogP contribution in [0.4, 0.5) is 4.79 Å². The standard InChI is InChI=1S/C20H20N2O3/c1-3-25-19(23)17-13(2)21-20(24)22-18(17)16-11-9-15(10-12-16)14-7-5-4-6-8-14/h4-12,18H,3H2,1-2H3,(H2,21,22,24)/t18-/m1/s1. The van der Waals surface area contributed by atoms with E-state index >= 15 is 0 Å². The van der Waals surface area contributed by atoms with E-state index in [2.05, 4.69) is 10.6 Å². The Morgan fingerprint density at radius 3 is 2.32 bits per heavy atom. The summed E-state index contributed by atoms with van der Waals surface area (Å²) in [7, 11) is 0. The highest BCUT2D eigenvalue weighted by atomic mass is 16.5. The Morgan fingerprint density at radius 2 is 1.68 bits per heavy atom. The van der Waals surface area contributed by atoms with Gasteiger partial charge in [-0.3, -0.25) is 0 Å². The van der Waals surface area contributed by atoms with Gasteiger partial charge in [0.25, 0.3) is 0 Å². The van der Waals surface area contributed by atoms with Crippen molar-refractivity contribution in [2.75, 3.05) is 6.61 Å². The lowest BCUT2D eigenvalue weighted by molar-refractivity contribution is -0.139. The number of hydrogen-bond donors (Lipinski definition) is 2. The highest BCUT2D eigenvalue weighted by molar-refractivity contribution is 5.95. The Bertz CT molecular complexity index is 811. The summed E-state index contributed by atoms with van der Waals surface area (Å²) < 4.78 is 5.14. The first kappa shape index (κ1) is 16.8. The summed E-state index contributed by atoms with van der Waals surface area (Å²) >= 11 is 0. The fourth-order valence-electron chi connectivity index (χ4n) is 2.92. The summed E-state index contributed by atoms with van der Waals surface area (Å²) in [5.74, 6) is -0.426. The zero-order chi connectivity index (χ0) is 17.8. The Balaban J connectivity index is 1.94. The van der Waals surface area contributed by atoms with Crippen molar-refractivity contribution < 1.29 is 14.3 Å². The molecule has 0 aliphatic carbocycles. The maximum Gasteiger partial charge on any atom is 0.338 e. The molecule has 5 nitrogen and oxygen atoms in total. The van der Waals surface area contributed by atoms with Crippen molar-refractivity contribution in [2.24, 2.45) is 0 Å². The van der Waals surface area contributed by atoms with Gasteiger partial charge >= 0.3 is 12.0 Å². The van der Waals surface area contributed by atoms with Crippen LogP contribution in [0.1, 0.15) is 25.5 Å². The van der Waals surface area contributed by atoms with Crippen LogP contribution in [0.25, 0.3) is 11.1 Å². The quantitative estimate of drug-likeness (QED) is 0.839. The lowest BCUT2D eigenvalue weighted by Gasteiger charge is -2.28. The van der Waals surface area contributed by atoms with Gasteiger partial charge in [0.2, 0.25) is 0 Å². The number of ether oxygens (including phenoxy) is 1. The van der Waals surface area contributed by atoms with Gasteiger partial charge in [-0.05, 0) is 30.5 Å². The molecule has 1 heterocycles. The second-order valence-electron chi connectivity index (χ2n) is 5.78. The first-order valence-corrected chi connectivity index (χ1v) is 8.21. The summed E-state index contributed by atoms with van der Waals surface area (Å²) in [6.07, 6.45) is 0. The lowest BCUT2D eigenvalue weighted by atomic mass is 9.94.